The molecule has 0 saturated carbocycles. The molecule has 5 nitrogen and oxygen atoms in total. The Morgan fingerprint density at radius 2 is 2.00 bits per heavy atom. The molecule has 1 aromatic heterocycles. The van der Waals surface area contributed by atoms with Gasteiger partial charge in [-0.05, 0) is 19.9 Å². The van der Waals surface area contributed by atoms with Crippen LogP contribution in [0.5, 0.6) is 5.75 Å². The lowest BCUT2D eigenvalue weighted by atomic mass is 10.00. The van der Waals surface area contributed by atoms with Crippen LogP contribution in [0.4, 0.5) is 0 Å². The van der Waals surface area contributed by atoms with Crippen LogP contribution < -0.4 is 4.74 Å². The van der Waals surface area contributed by atoms with Crippen molar-refractivity contribution >= 4 is 9.84 Å². The summed E-state index contributed by atoms with van der Waals surface area (Å²) in [6.07, 6.45) is 2.87. The Kier molecular flexibility index (Phi) is 3.78. The molecule has 6 heteroatoms. The van der Waals surface area contributed by atoms with Crippen LogP contribution in [0.1, 0.15) is 25.5 Å². The second-order valence-corrected chi connectivity index (χ2v) is 7.03. The van der Waals surface area contributed by atoms with Gasteiger partial charge in [0.1, 0.15) is 5.75 Å². The van der Waals surface area contributed by atoms with E-state index in [1.807, 2.05) is 0 Å². The maximum Gasteiger partial charge on any atom is 0.155 e. The van der Waals surface area contributed by atoms with Crippen molar-refractivity contribution in [3.8, 4) is 5.75 Å². The molecule has 0 aliphatic heterocycles. The second-order valence-electron chi connectivity index (χ2n) is 4.44. The van der Waals surface area contributed by atoms with Crippen molar-refractivity contribution in [3.05, 3.63) is 24.0 Å². The van der Waals surface area contributed by atoms with E-state index in [4.69, 9.17) is 4.74 Å². The molecular weight excluding hydrogens is 242 g/mol. The number of hydrogen-bond acceptors (Lipinski definition) is 5. The Morgan fingerprint density at radius 3 is 2.47 bits per heavy atom. The number of aromatic nitrogens is 1. The number of sulfone groups is 1. The van der Waals surface area contributed by atoms with Gasteiger partial charge in [0.05, 0.1) is 24.2 Å². The van der Waals surface area contributed by atoms with Crippen LogP contribution >= 0.6 is 0 Å². The summed E-state index contributed by atoms with van der Waals surface area (Å²) in [6, 6.07) is 1.57. The third-order valence-corrected chi connectivity index (χ3v) is 5.03. The van der Waals surface area contributed by atoms with Gasteiger partial charge in [-0.15, -0.1) is 0 Å². The van der Waals surface area contributed by atoms with Gasteiger partial charge in [-0.25, -0.2) is 8.42 Å². The van der Waals surface area contributed by atoms with Crippen molar-refractivity contribution in [1.29, 1.82) is 0 Å². The van der Waals surface area contributed by atoms with Crippen molar-refractivity contribution in [2.45, 2.75) is 24.7 Å². The first kappa shape index (κ1) is 13.9. The van der Waals surface area contributed by atoms with Crippen LogP contribution in [0.25, 0.3) is 0 Å². The lowest BCUT2D eigenvalue weighted by Crippen LogP contribution is -2.37. The minimum absolute atomic E-state index is 0.416. The average molecular weight is 259 g/mol. The first-order chi connectivity index (χ1) is 7.70. The second kappa shape index (κ2) is 4.62. The Balaban J connectivity index is 3.16. The standard InChI is InChI=1S/C11H17NO4S/c1-11(2,17(4,14)15)10(13)8-5-9(16-3)7-12-6-8/h5-7,10,13H,1-4H3. The van der Waals surface area contributed by atoms with Gasteiger partial charge >= 0.3 is 0 Å². The summed E-state index contributed by atoms with van der Waals surface area (Å²) in [5.41, 5.74) is 0.416. The molecule has 1 heterocycles. The Hall–Kier alpha value is -1.14. The summed E-state index contributed by atoms with van der Waals surface area (Å²) >= 11 is 0. The molecule has 1 rings (SSSR count). The summed E-state index contributed by atoms with van der Waals surface area (Å²) < 4.78 is 26.9. The quantitative estimate of drug-likeness (QED) is 0.871. The van der Waals surface area contributed by atoms with Gasteiger partial charge in [0.15, 0.2) is 9.84 Å². The van der Waals surface area contributed by atoms with E-state index in [0.29, 0.717) is 11.3 Å². The molecule has 0 amide bonds. The van der Waals surface area contributed by atoms with Crippen LogP contribution in [0.2, 0.25) is 0 Å². The number of nitrogens with zero attached hydrogens (tertiary/aromatic N) is 1. The van der Waals surface area contributed by atoms with E-state index in [1.54, 1.807) is 6.07 Å². The maximum atomic E-state index is 11.6. The summed E-state index contributed by atoms with van der Waals surface area (Å²) in [5, 5.41) is 10.1. The predicted octanol–water partition coefficient (Wildman–Crippen LogP) is 0.947. The van der Waals surface area contributed by atoms with Crippen LogP contribution in [0.15, 0.2) is 18.5 Å². The molecule has 0 bridgehead atoms. The van der Waals surface area contributed by atoms with Crippen molar-refractivity contribution in [2.24, 2.45) is 0 Å². The molecule has 1 unspecified atom stereocenters. The summed E-state index contributed by atoms with van der Waals surface area (Å²) in [5.74, 6) is 0.478. The van der Waals surface area contributed by atoms with Gasteiger partial charge < -0.3 is 9.84 Å². The number of pyridine rings is 1. The lowest BCUT2D eigenvalue weighted by molar-refractivity contribution is 0.139. The van der Waals surface area contributed by atoms with E-state index < -0.39 is 20.7 Å². The van der Waals surface area contributed by atoms with Crippen molar-refractivity contribution in [2.75, 3.05) is 13.4 Å². The minimum atomic E-state index is -3.39. The van der Waals surface area contributed by atoms with E-state index in [1.165, 1.54) is 33.4 Å². The van der Waals surface area contributed by atoms with Gasteiger partial charge in [-0.1, -0.05) is 0 Å². The highest BCUT2D eigenvalue weighted by Crippen LogP contribution is 2.32. The molecule has 1 aromatic rings. The number of ether oxygens (including phenoxy) is 1. The Bertz CT molecular complexity index is 496. The number of aliphatic hydroxyl groups is 1. The van der Waals surface area contributed by atoms with Gasteiger partial charge in [0.25, 0.3) is 0 Å². The summed E-state index contributed by atoms with van der Waals surface area (Å²) in [4.78, 5) is 3.89. The first-order valence-corrected chi connectivity index (χ1v) is 6.96. The van der Waals surface area contributed by atoms with Crippen molar-refractivity contribution in [1.82, 2.24) is 4.98 Å². The van der Waals surface area contributed by atoms with Gasteiger partial charge in [-0.3, -0.25) is 4.98 Å². The fourth-order valence-electron chi connectivity index (χ4n) is 1.30. The van der Waals surface area contributed by atoms with Crippen LogP contribution in [-0.2, 0) is 9.84 Å². The van der Waals surface area contributed by atoms with Gasteiger partial charge in [0.2, 0.25) is 0 Å². The fourth-order valence-corrected chi connectivity index (χ4v) is 1.84. The van der Waals surface area contributed by atoms with Crippen LogP contribution in [0.3, 0.4) is 0 Å². The molecule has 0 radical (unpaired) electrons. The molecule has 0 aliphatic rings. The number of aliphatic hydroxyl groups excluding tert-OH is 1. The molecule has 0 fully saturated rings. The SMILES string of the molecule is COc1cncc(C(O)C(C)(C)S(C)(=O)=O)c1. The number of hydrogen-bond donors (Lipinski definition) is 1. The molecule has 17 heavy (non-hydrogen) atoms. The monoisotopic (exact) mass is 259 g/mol. The van der Waals surface area contributed by atoms with Gasteiger partial charge in [0, 0.05) is 18.0 Å². The molecule has 0 spiro atoms. The zero-order valence-electron chi connectivity index (χ0n) is 10.3. The van der Waals surface area contributed by atoms with Crippen LogP contribution in [-0.4, -0.2) is 36.6 Å². The highest BCUT2D eigenvalue weighted by atomic mass is 32.2. The average Bonchev–Trinajstić information content (AvgIpc) is 2.26. The largest absolute Gasteiger partial charge is 0.495 e. The molecule has 0 aliphatic carbocycles. The van der Waals surface area contributed by atoms with E-state index in [-0.39, 0.29) is 0 Å². The zero-order valence-corrected chi connectivity index (χ0v) is 11.2. The van der Waals surface area contributed by atoms with E-state index in [0.717, 1.165) is 6.26 Å². The fraction of sp³-hybridized carbons (Fsp3) is 0.545. The van der Waals surface area contributed by atoms with Crippen molar-refractivity contribution in [3.63, 3.8) is 0 Å². The molecule has 0 saturated heterocycles. The highest BCUT2D eigenvalue weighted by molar-refractivity contribution is 7.92. The molecule has 96 valence electrons. The minimum Gasteiger partial charge on any atom is -0.495 e. The van der Waals surface area contributed by atoms with E-state index in [9.17, 15) is 13.5 Å². The lowest BCUT2D eigenvalue weighted by Gasteiger charge is -2.28. The highest BCUT2D eigenvalue weighted by Gasteiger charge is 2.39. The Labute approximate surface area is 101 Å². The zero-order chi connectivity index (χ0) is 13.3. The third kappa shape index (κ3) is 2.76. The number of rotatable bonds is 4. The van der Waals surface area contributed by atoms with Gasteiger partial charge in [-0.2, -0.15) is 0 Å². The van der Waals surface area contributed by atoms with E-state index in [2.05, 4.69) is 4.98 Å². The third-order valence-electron chi connectivity index (χ3n) is 2.90. The van der Waals surface area contributed by atoms with E-state index >= 15 is 0 Å². The molecule has 0 aromatic carbocycles. The normalized spacial score (nSPS) is 14.4. The predicted molar refractivity (Wildman–Crippen MR) is 64.7 cm³/mol. The topological polar surface area (TPSA) is 76.5 Å². The molecule has 1 atom stereocenters. The molecule has 1 N–H and O–H groups in total. The summed E-state index contributed by atoms with van der Waals surface area (Å²) in [7, 11) is -1.91. The number of methoxy groups -OCH3 is 1. The van der Waals surface area contributed by atoms with Crippen LogP contribution in [0, 0.1) is 0 Å². The molecular formula is C11H17NO4S. The Morgan fingerprint density at radius 1 is 1.41 bits per heavy atom. The first-order valence-electron chi connectivity index (χ1n) is 5.06. The maximum absolute atomic E-state index is 11.6. The smallest absolute Gasteiger partial charge is 0.155 e. The van der Waals surface area contributed by atoms with Crippen molar-refractivity contribution < 1.29 is 18.3 Å². The summed E-state index contributed by atoms with van der Waals surface area (Å²) in [6.45, 7) is 2.96.